The summed E-state index contributed by atoms with van der Waals surface area (Å²) in [6, 6.07) is 7.78. The van der Waals surface area contributed by atoms with Crippen molar-refractivity contribution in [3.05, 3.63) is 65.5 Å². The zero-order valence-corrected chi connectivity index (χ0v) is 16.5. The van der Waals surface area contributed by atoms with E-state index < -0.39 is 44.5 Å². The lowest BCUT2D eigenvalue weighted by Crippen LogP contribution is -2.38. The molecule has 2 aliphatic heterocycles. The van der Waals surface area contributed by atoms with Gasteiger partial charge < -0.3 is 4.90 Å². The van der Waals surface area contributed by atoms with Gasteiger partial charge in [-0.1, -0.05) is 23.9 Å². The van der Waals surface area contributed by atoms with Crippen LogP contribution in [0.1, 0.15) is 5.56 Å². The molecule has 2 atom stereocenters. The number of sulfone groups is 1. The number of nitrogens with zero attached hydrogens (tertiary/aromatic N) is 2. The lowest BCUT2D eigenvalue weighted by Gasteiger charge is -2.24. The van der Waals surface area contributed by atoms with Gasteiger partial charge in [0.2, 0.25) is 0 Å². The molecule has 0 spiro atoms. The molecule has 0 N–H and O–H groups in total. The number of benzene rings is 2. The fourth-order valence-corrected chi connectivity index (χ4v) is 7.37. The molecule has 5 nitrogen and oxygen atoms in total. The molecule has 0 aliphatic carbocycles. The van der Waals surface area contributed by atoms with Crippen molar-refractivity contribution in [1.29, 1.82) is 0 Å². The summed E-state index contributed by atoms with van der Waals surface area (Å²) >= 11 is 1.10. The molecule has 1 amide bonds. The number of aliphatic imine (C=N–C) groups is 1. The second-order valence-electron chi connectivity index (χ2n) is 6.86. The van der Waals surface area contributed by atoms with Gasteiger partial charge in [0.25, 0.3) is 5.91 Å². The van der Waals surface area contributed by atoms with Crippen LogP contribution >= 0.6 is 11.8 Å². The number of hydrogen-bond donors (Lipinski definition) is 0. The highest BCUT2D eigenvalue weighted by Gasteiger charge is 2.50. The number of carbonyl (C=O) groups is 1. The van der Waals surface area contributed by atoms with Gasteiger partial charge in [0, 0.05) is 11.3 Å². The van der Waals surface area contributed by atoms with Gasteiger partial charge in [0.15, 0.2) is 15.0 Å². The number of rotatable bonds is 3. The Morgan fingerprint density at radius 2 is 1.76 bits per heavy atom. The highest BCUT2D eigenvalue weighted by molar-refractivity contribution is 8.16. The predicted octanol–water partition coefficient (Wildman–Crippen LogP) is 2.95. The normalized spacial score (nSPS) is 24.1. The number of thioether (sulfide) groups is 1. The Labute approximate surface area is 169 Å². The van der Waals surface area contributed by atoms with Crippen LogP contribution in [-0.2, 0) is 21.1 Å². The van der Waals surface area contributed by atoms with Crippen molar-refractivity contribution in [3.8, 4) is 0 Å². The van der Waals surface area contributed by atoms with E-state index in [0.717, 1.165) is 17.8 Å². The van der Waals surface area contributed by atoms with Crippen molar-refractivity contribution < 1.29 is 26.4 Å². The molecule has 2 fully saturated rings. The number of amidine groups is 1. The third-order valence-corrected chi connectivity index (χ3v) is 7.93. The Balaban J connectivity index is 1.66. The predicted molar refractivity (Wildman–Crippen MR) is 105 cm³/mol. The summed E-state index contributed by atoms with van der Waals surface area (Å²) in [6.45, 7) is 0. The first-order valence-corrected chi connectivity index (χ1v) is 11.4. The van der Waals surface area contributed by atoms with E-state index in [2.05, 4.69) is 4.99 Å². The molecule has 29 heavy (non-hydrogen) atoms. The molecule has 2 aromatic rings. The standard InChI is InChI=1S/C19H15F3N2O3S2/c20-12-3-1-11(2-4-12)7-18(25)23-19-24(15-6-5-13(21)8-14(15)22)16-9-29(26,27)10-17(16)28-19/h1-6,8,16-17H,7,9-10H2/t16-,17+/m0/s1. The van der Waals surface area contributed by atoms with Crippen molar-refractivity contribution in [3.63, 3.8) is 0 Å². The van der Waals surface area contributed by atoms with Crippen LogP contribution in [0.3, 0.4) is 0 Å². The molecule has 0 radical (unpaired) electrons. The molecule has 2 saturated heterocycles. The number of fused-ring (bicyclic) bond motifs is 1. The van der Waals surface area contributed by atoms with Gasteiger partial charge in [-0.15, -0.1) is 0 Å². The summed E-state index contributed by atoms with van der Waals surface area (Å²) in [7, 11) is -3.31. The third kappa shape index (κ3) is 4.18. The second-order valence-corrected chi connectivity index (χ2v) is 10.2. The molecular weight excluding hydrogens is 425 g/mol. The van der Waals surface area contributed by atoms with E-state index in [0.29, 0.717) is 11.6 Å². The lowest BCUT2D eigenvalue weighted by molar-refractivity contribution is -0.117. The Kier molecular flexibility index (Phi) is 5.16. The second kappa shape index (κ2) is 7.49. The van der Waals surface area contributed by atoms with E-state index in [1.807, 2.05) is 0 Å². The number of amides is 1. The average Bonchev–Trinajstić information content (AvgIpc) is 3.08. The molecule has 0 bridgehead atoms. The number of anilines is 1. The summed E-state index contributed by atoms with van der Waals surface area (Å²) in [5.41, 5.74) is 0.530. The van der Waals surface area contributed by atoms with E-state index in [9.17, 15) is 26.4 Å². The van der Waals surface area contributed by atoms with Crippen LogP contribution in [0.25, 0.3) is 0 Å². The van der Waals surface area contributed by atoms with Crippen LogP contribution in [0.4, 0.5) is 18.9 Å². The van der Waals surface area contributed by atoms with E-state index in [-0.39, 0.29) is 28.8 Å². The molecule has 152 valence electrons. The maximum absolute atomic E-state index is 14.4. The quantitative estimate of drug-likeness (QED) is 0.734. The molecule has 0 saturated carbocycles. The van der Waals surface area contributed by atoms with Crippen LogP contribution < -0.4 is 4.90 Å². The monoisotopic (exact) mass is 440 g/mol. The summed E-state index contributed by atoms with van der Waals surface area (Å²) in [4.78, 5) is 17.9. The first-order chi connectivity index (χ1) is 13.7. The summed E-state index contributed by atoms with van der Waals surface area (Å²) in [5, 5.41) is -0.227. The van der Waals surface area contributed by atoms with Crippen LogP contribution in [0, 0.1) is 17.5 Å². The lowest BCUT2D eigenvalue weighted by atomic mass is 10.1. The average molecular weight is 440 g/mol. The molecule has 2 aromatic carbocycles. The van der Waals surface area contributed by atoms with Gasteiger partial charge in [0.05, 0.1) is 29.7 Å². The molecular formula is C19H15F3N2O3S2. The molecule has 4 rings (SSSR count). The van der Waals surface area contributed by atoms with E-state index in [4.69, 9.17) is 0 Å². The molecule has 2 aliphatic rings. The molecule has 2 heterocycles. The van der Waals surface area contributed by atoms with Gasteiger partial charge in [-0.25, -0.2) is 21.6 Å². The Morgan fingerprint density at radius 1 is 1.07 bits per heavy atom. The van der Waals surface area contributed by atoms with Crippen LogP contribution in [0.2, 0.25) is 0 Å². The summed E-state index contributed by atoms with van der Waals surface area (Å²) < 4.78 is 64.8. The topological polar surface area (TPSA) is 66.8 Å². The van der Waals surface area contributed by atoms with Gasteiger partial charge >= 0.3 is 0 Å². The number of carbonyl (C=O) groups excluding carboxylic acids is 1. The minimum absolute atomic E-state index is 0.0307. The minimum Gasteiger partial charge on any atom is -0.313 e. The van der Waals surface area contributed by atoms with Crippen molar-refractivity contribution in [2.75, 3.05) is 16.4 Å². The maximum atomic E-state index is 14.4. The smallest absolute Gasteiger partial charge is 0.252 e. The zero-order chi connectivity index (χ0) is 20.8. The van der Waals surface area contributed by atoms with Gasteiger partial charge in [-0.2, -0.15) is 4.99 Å². The zero-order valence-electron chi connectivity index (χ0n) is 14.9. The van der Waals surface area contributed by atoms with Crippen LogP contribution in [-0.4, -0.2) is 42.3 Å². The minimum atomic E-state index is -3.31. The van der Waals surface area contributed by atoms with E-state index in [1.165, 1.54) is 35.2 Å². The highest BCUT2D eigenvalue weighted by Crippen LogP contribution is 2.41. The fourth-order valence-electron chi connectivity index (χ4n) is 3.45. The number of hydrogen-bond acceptors (Lipinski definition) is 4. The van der Waals surface area contributed by atoms with E-state index >= 15 is 0 Å². The molecule has 0 aromatic heterocycles. The highest BCUT2D eigenvalue weighted by atomic mass is 32.2. The third-order valence-electron chi connectivity index (χ3n) is 4.72. The Bertz CT molecular complexity index is 1100. The van der Waals surface area contributed by atoms with Crippen molar-refractivity contribution in [2.24, 2.45) is 4.99 Å². The van der Waals surface area contributed by atoms with Crippen LogP contribution in [0.5, 0.6) is 0 Å². The van der Waals surface area contributed by atoms with Gasteiger partial charge in [-0.3, -0.25) is 4.79 Å². The Hall–Kier alpha value is -2.33. The van der Waals surface area contributed by atoms with Crippen molar-refractivity contribution in [2.45, 2.75) is 17.7 Å². The largest absolute Gasteiger partial charge is 0.313 e. The van der Waals surface area contributed by atoms with E-state index in [1.54, 1.807) is 0 Å². The number of halogens is 3. The first kappa shape index (κ1) is 20.0. The maximum Gasteiger partial charge on any atom is 0.252 e. The Morgan fingerprint density at radius 3 is 2.45 bits per heavy atom. The van der Waals surface area contributed by atoms with Crippen molar-refractivity contribution >= 4 is 38.4 Å². The molecule has 0 unspecified atom stereocenters. The summed E-state index contributed by atoms with van der Waals surface area (Å²) in [6.07, 6.45) is -0.0856. The van der Waals surface area contributed by atoms with Crippen molar-refractivity contribution in [1.82, 2.24) is 0 Å². The van der Waals surface area contributed by atoms with Gasteiger partial charge in [0.1, 0.15) is 17.5 Å². The SMILES string of the molecule is O=C(Cc1ccc(F)cc1)N=C1S[C@@H]2CS(=O)(=O)C[C@@H]2N1c1ccc(F)cc1F. The fraction of sp³-hybridized carbons (Fsp3) is 0.263. The summed E-state index contributed by atoms with van der Waals surface area (Å²) in [5.74, 6) is -2.89. The van der Waals surface area contributed by atoms with Gasteiger partial charge in [-0.05, 0) is 29.8 Å². The van der Waals surface area contributed by atoms with Crippen LogP contribution in [0.15, 0.2) is 47.5 Å². The first-order valence-electron chi connectivity index (χ1n) is 8.69. The molecule has 10 heteroatoms.